The number of hydrogen-bond acceptors (Lipinski definition) is 2. The van der Waals surface area contributed by atoms with Crippen molar-refractivity contribution in [3.05, 3.63) is 0 Å². The second-order valence-electron chi connectivity index (χ2n) is 1.74. The lowest BCUT2D eigenvalue weighted by Gasteiger charge is -2.03. The molecule has 0 saturated carbocycles. The van der Waals surface area contributed by atoms with Crippen LogP contribution in [-0.2, 0) is 4.79 Å². The van der Waals surface area contributed by atoms with Gasteiger partial charge in [-0.3, -0.25) is 9.43 Å². The predicted octanol–water partition coefficient (Wildman–Crippen LogP) is -0.573. The molecule has 0 aromatic carbocycles. The zero-order valence-corrected chi connectivity index (χ0v) is 6.01. The van der Waals surface area contributed by atoms with E-state index in [9.17, 15) is 4.79 Å². The van der Waals surface area contributed by atoms with Crippen molar-refractivity contribution in [2.24, 2.45) is 4.63 Å². The van der Waals surface area contributed by atoms with Gasteiger partial charge in [0.1, 0.15) is 0 Å². The van der Waals surface area contributed by atoms with E-state index in [4.69, 9.17) is 0 Å². The highest BCUT2D eigenvalue weighted by Crippen LogP contribution is 1.75. The number of likely N-dealkylation sites (N-methyl/N-ethyl adjacent to an activating group) is 1. The average Bonchev–Trinajstić information content (AvgIpc) is 1.65. The molecule has 44 valence electrons. The van der Waals surface area contributed by atoms with E-state index in [1.807, 2.05) is 14.1 Å². The molecule has 0 rings (SSSR count). The number of carbonyl (C=O) groups excluding carboxylic acids is 1. The summed E-state index contributed by atoms with van der Waals surface area (Å²) in [6.07, 6.45) is 0. The van der Waals surface area contributed by atoms with Crippen LogP contribution >= 0.6 is 0 Å². The first kappa shape index (κ1) is 7.65. The monoisotopic (exact) mass is 128 g/mol. The molecule has 0 aliphatic carbocycles. The number of rotatable bonds is 2. The number of amides is 1. The van der Waals surface area contributed by atoms with Crippen LogP contribution in [0.25, 0.3) is 0 Å². The van der Waals surface area contributed by atoms with Crippen LogP contribution in [0.2, 0.25) is 0 Å². The molecule has 3 nitrogen and oxygen atoms in total. The fourth-order valence-electron chi connectivity index (χ4n) is 0.306. The van der Waals surface area contributed by atoms with Gasteiger partial charge in [0.25, 0.3) is 0 Å². The maximum atomic E-state index is 10.4. The summed E-state index contributed by atoms with van der Waals surface area (Å²) in [6.45, 7) is 0.365. The zero-order chi connectivity index (χ0) is 6.57. The molecule has 0 aliphatic heterocycles. The third-order valence-electron chi connectivity index (χ3n) is 0.576. The van der Waals surface area contributed by atoms with E-state index in [2.05, 4.69) is 14.7 Å². The van der Waals surface area contributed by atoms with Crippen LogP contribution in [0.3, 0.4) is 0 Å². The van der Waals surface area contributed by atoms with Crippen molar-refractivity contribution in [1.29, 1.82) is 0 Å². The van der Waals surface area contributed by atoms with Crippen LogP contribution < -0.4 is 0 Å². The van der Waals surface area contributed by atoms with E-state index in [0.29, 0.717) is 6.54 Å². The van der Waals surface area contributed by atoms with Crippen LogP contribution in [0.1, 0.15) is 0 Å². The van der Waals surface area contributed by atoms with Gasteiger partial charge in [0.05, 0.1) is 6.54 Å². The first-order chi connectivity index (χ1) is 3.66. The van der Waals surface area contributed by atoms with Crippen molar-refractivity contribution in [3.63, 3.8) is 0 Å². The third kappa shape index (κ3) is 3.82. The highest BCUT2D eigenvalue weighted by atomic mass is 28.1. The van der Waals surface area contributed by atoms with Crippen LogP contribution in [-0.4, -0.2) is 41.5 Å². The molecule has 0 aromatic heterocycles. The van der Waals surface area contributed by atoms with E-state index in [-0.39, 0.29) is 5.91 Å². The highest BCUT2D eigenvalue weighted by molar-refractivity contribution is 6.02. The van der Waals surface area contributed by atoms with Gasteiger partial charge in [0.15, 0.2) is 10.0 Å². The Kier molecular flexibility index (Phi) is 3.46. The molecule has 0 atom stereocenters. The zero-order valence-electron chi connectivity index (χ0n) is 5.01. The van der Waals surface area contributed by atoms with E-state index < -0.39 is 0 Å². The highest BCUT2D eigenvalue weighted by Gasteiger charge is 1.95. The summed E-state index contributed by atoms with van der Waals surface area (Å²) < 4.78 is 3.25. The van der Waals surface area contributed by atoms with Crippen molar-refractivity contribution >= 4 is 15.9 Å². The smallest absolute Gasteiger partial charge is 0.250 e. The van der Waals surface area contributed by atoms with Gasteiger partial charge in [-0.25, -0.2) is 0 Å². The van der Waals surface area contributed by atoms with Crippen molar-refractivity contribution in [1.82, 2.24) is 4.90 Å². The predicted molar refractivity (Wildman–Crippen MR) is 31.7 cm³/mol. The Balaban J connectivity index is 3.39. The molecule has 1 amide bonds. The minimum absolute atomic E-state index is 0.160. The molecule has 0 saturated heterocycles. The Morgan fingerprint density at radius 3 is 2.38 bits per heavy atom. The SMILES string of the molecule is CN(C)CC(=O)N=[Si]. The Labute approximate surface area is 51.8 Å². The first-order valence-corrected chi connectivity index (χ1v) is 2.66. The summed E-state index contributed by atoms with van der Waals surface area (Å²) in [6, 6.07) is 0. The Morgan fingerprint density at radius 1 is 1.75 bits per heavy atom. The first-order valence-electron chi connectivity index (χ1n) is 2.22. The summed E-state index contributed by atoms with van der Waals surface area (Å²) in [5.41, 5.74) is 0. The van der Waals surface area contributed by atoms with Gasteiger partial charge in [-0.05, 0) is 14.1 Å². The molecule has 0 unspecified atom stereocenters. The minimum atomic E-state index is -0.160. The van der Waals surface area contributed by atoms with E-state index in [1.165, 1.54) is 0 Å². The lowest BCUT2D eigenvalue weighted by atomic mass is 10.6. The fraction of sp³-hybridized carbons (Fsp3) is 0.750. The van der Waals surface area contributed by atoms with Crippen molar-refractivity contribution in [2.45, 2.75) is 0 Å². The molecule has 0 bridgehead atoms. The molecular weight excluding hydrogens is 120 g/mol. The van der Waals surface area contributed by atoms with Crippen molar-refractivity contribution in [3.8, 4) is 0 Å². The molecule has 0 N–H and O–H groups in total. The maximum Gasteiger partial charge on any atom is 0.250 e. The van der Waals surface area contributed by atoms with Crippen LogP contribution in [0.5, 0.6) is 0 Å². The van der Waals surface area contributed by atoms with Gasteiger partial charge >= 0.3 is 0 Å². The summed E-state index contributed by atoms with van der Waals surface area (Å²) in [4.78, 5) is 12.1. The van der Waals surface area contributed by atoms with E-state index in [1.54, 1.807) is 4.90 Å². The molecule has 8 heavy (non-hydrogen) atoms. The third-order valence-corrected chi connectivity index (χ3v) is 0.826. The van der Waals surface area contributed by atoms with Crippen LogP contribution in [0, 0.1) is 0 Å². The van der Waals surface area contributed by atoms with E-state index >= 15 is 0 Å². The fourth-order valence-corrected chi connectivity index (χ4v) is 0.377. The Hall–Kier alpha value is -0.353. The standard InChI is InChI=1S/C4H8N2OSi/c1-6(2)3-4(7)5-8/h3H2,1-2H3. The second-order valence-corrected chi connectivity index (χ2v) is 1.97. The van der Waals surface area contributed by atoms with Gasteiger partial charge in [-0.2, -0.15) is 0 Å². The molecule has 0 fully saturated rings. The van der Waals surface area contributed by atoms with E-state index in [0.717, 1.165) is 0 Å². The molecule has 0 heterocycles. The van der Waals surface area contributed by atoms with Crippen LogP contribution in [0.15, 0.2) is 4.63 Å². The van der Waals surface area contributed by atoms with Gasteiger partial charge < -0.3 is 4.90 Å². The Bertz CT molecular complexity index is 102. The van der Waals surface area contributed by atoms with Gasteiger partial charge in [0, 0.05) is 0 Å². The van der Waals surface area contributed by atoms with Gasteiger partial charge in [-0.15, -0.1) is 0 Å². The molecule has 2 radical (unpaired) electrons. The second kappa shape index (κ2) is 3.62. The summed E-state index contributed by atoms with van der Waals surface area (Å²) in [5.74, 6) is -0.160. The minimum Gasteiger partial charge on any atom is -0.301 e. The molecule has 0 spiro atoms. The maximum absolute atomic E-state index is 10.4. The summed E-state index contributed by atoms with van der Waals surface area (Å²) >= 11 is 0. The number of hydrogen-bond donors (Lipinski definition) is 0. The van der Waals surface area contributed by atoms with Crippen LogP contribution in [0.4, 0.5) is 0 Å². The van der Waals surface area contributed by atoms with Crippen molar-refractivity contribution in [2.75, 3.05) is 20.6 Å². The van der Waals surface area contributed by atoms with Gasteiger partial charge in [-0.1, -0.05) is 0 Å². The molecule has 0 aliphatic rings. The summed E-state index contributed by atoms with van der Waals surface area (Å²) in [5, 5.41) is 0. The quantitative estimate of drug-likeness (QED) is 0.466. The van der Waals surface area contributed by atoms with Gasteiger partial charge in [0.2, 0.25) is 5.91 Å². The topological polar surface area (TPSA) is 32.7 Å². The Morgan fingerprint density at radius 2 is 2.25 bits per heavy atom. The average molecular weight is 128 g/mol. The van der Waals surface area contributed by atoms with Crippen molar-refractivity contribution < 1.29 is 4.79 Å². The molecule has 4 heteroatoms. The molecule has 0 aromatic rings. The lowest BCUT2D eigenvalue weighted by Crippen LogP contribution is -2.19. The lowest BCUT2D eigenvalue weighted by molar-refractivity contribution is -0.118. The number of carbonyl (C=O) groups is 1. The summed E-state index contributed by atoms with van der Waals surface area (Å²) in [7, 11) is 6.37. The normalized spacial score (nSPS) is 9.38. The molecular formula is C4H8N2OSi. The largest absolute Gasteiger partial charge is 0.301 e. The number of nitrogens with zero attached hydrogens (tertiary/aromatic N) is 2.